The zero-order valence-corrected chi connectivity index (χ0v) is 15.1. The van der Waals surface area contributed by atoms with E-state index in [2.05, 4.69) is 10.00 Å². The predicted molar refractivity (Wildman–Crippen MR) is 98.9 cm³/mol. The number of hydrogen-bond donors (Lipinski definition) is 0. The van der Waals surface area contributed by atoms with Crippen molar-refractivity contribution in [2.24, 2.45) is 7.05 Å². The van der Waals surface area contributed by atoms with Crippen LogP contribution in [0.2, 0.25) is 0 Å². The largest absolute Gasteiger partial charge is 0.340 e. The molecule has 0 N–H and O–H groups in total. The summed E-state index contributed by atoms with van der Waals surface area (Å²) in [6.45, 7) is 4.06. The van der Waals surface area contributed by atoms with Crippen LogP contribution in [0.4, 0.5) is 0 Å². The maximum Gasteiger partial charge on any atom is 0.274 e. The molecule has 134 valence electrons. The van der Waals surface area contributed by atoms with E-state index < -0.39 is 0 Å². The van der Waals surface area contributed by atoms with Gasteiger partial charge in [-0.3, -0.25) is 9.59 Å². The fourth-order valence-corrected chi connectivity index (χ4v) is 3.45. The molecule has 0 spiro atoms. The standard InChI is InChI=1S/C19H26N4O2/c1-21(11-8-14-23-12-6-3-7-13-23)19(25)17-15-9-4-5-10-16(15)18(24)22(2)20-17/h4-5,9-10H,3,6-8,11-14H2,1-2H3. The molecule has 6 heteroatoms. The molecule has 1 aliphatic rings. The van der Waals surface area contributed by atoms with Gasteiger partial charge >= 0.3 is 0 Å². The van der Waals surface area contributed by atoms with Crippen LogP contribution in [0.5, 0.6) is 0 Å². The van der Waals surface area contributed by atoms with Crippen LogP contribution in [0, 0.1) is 0 Å². The molecule has 1 saturated heterocycles. The van der Waals surface area contributed by atoms with E-state index in [0.717, 1.165) is 13.0 Å². The lowest BCUT2D eigenvalue weighted by Gasteiger charge is -2.27. The Morgan fingerprint density at radius 3 is 2.56 bits per heavy atom. The minimum absolute atomic E-state index is 0.134. The molecule has 3 rings (SSSR count). The lowest BCUT2D eigenvalue weighted by molar-refractivity contribution is 0.0781. The highest BCUT2D eigenvalue weighted by atomic mass is 16.2. The van der Waals surface area contributed by atoms with Gasteiger partial charge in [0.05, 0.1) is 5.39 Å². The van der Waals surface area contributed by atoms with Gasteiger partial charge in [0.2, 0.25) is 0 Å². The van der Waals surface area contributed by atoms with Crippen LogP contribution < -0.4 is 5.56 Å². The highest BCUT2D eigenvalue weighted by Gasteiger charge is 2.19. The van der Waals surface area contributed by atoms with Gasteiger partial charge in [0.15, 0.2) is 5.69 Å². The van der Waals surface area contributed by atoms with Gasteiger partial charge in [-0.1, -0.05) is 24.6 Å². The van der Waals surface area contributed by atoms with E-state index in [0.29, 0.717) is 23.0 Å². The van der Waals surface area contributed by atoms with Crippen molar-refractivity contribution in [3.8, 4) is 0 Å². The lowest BCUT2D eigenvalue weighted by Crippen LogP contribution is -2.35. The first-order valence-electron chi connectivity index (χ1n) is 9.02. The Labute approximate surface area is 148 Å². The van der Waals surface area contributed by atoms with Crippen LogP contribution in [-0.2, 0) is 7.05 Å². The summed E-state index contributed by atoms with van der Waals surface area (Å²) in [4.78, 5) is 29.2. The quantitative estimate of drug-likeness (QED) is 0.832. The van der Waals surface area contributed by atoms with Crippen molar-refractivity contribution in [2.75, 3.05) is 33.2 Å². The molecule has 1 aromatic heterocycles. The third-order valence-corrected chi connectivity index (χ3v) is 4.92. The van der Waals surface area contributed by atoms with Crippen molar-refractivity contribution in [1.29, 1.82) is 0 Å². The van der Waals surface area contributed by atoms with Crippen LogP contribution in [-0.4, -0.2) is 58.7 Å². The van der Waals surface area contributed by atoms with E-state index in [9.17, 15) is 9.59 Å². The second-order valence-corrected chi connectivity index (χ2v) is 6.81. The van der Waals surface area contributed by atoms with Gasteiger partial charge in [0.25, 0.3) is 11.5 Å². The number of carbonyl (C=O) groups excluding carboxylic acids is 1. The SMILES string of the molecule is CN(CCCN1CCCCC1)C(=O)c1nn(C)c(=O)c2ccccc12. The summed E-state index contributed by atoms with van der Waals surface area (Å²) in [5, 5.41) is 5.38. The number of amides is 1. The van der Waals surface area contributed by atoms with Gasteiger partial charge in [0.1, 0.15) is 0 Å². The first-order chi connectivity index (χ1) is 12.1. The molecule has 0 unspecified atom stereocenters. The monoisotopic (exact) mass is 342 g/mol. The van der Waals surface area contributed by atoms with Crippen molar-refractivity contribution >= 4 is 16.7 Å². The molecular formula is C19H26N4O2. The van der Waals surface area contributed by atoms with Gasteiger partial charge in [-0.15, -0.1) is 0 Å². The normalized spacial score (nSPS) is 15.4. The number of piperidine rings is 1. The average molecular weight is 342 g/mol. The number of aryl methyl sites for hydroxylation is 1. The van der Waals surface area contributed by atoms with Crippen molar-refractivity contribution < 1.29 is 4.79 Å². The Morgan fingerprint density at radius 1 is 1.16 bits per heavy atom. The Morgan fingerprint density at radius 2 is 1.84 bits per heavy atom. The number of rotatable bonds is 5. The third kappa shape index (κ3) is 3.90. The molecule has 6 nitrogen and oxygen atoms in total. The summed E-state index contributed by atoms with van der Waals surface area (Å²) in [5.74, 6) is -0.134. The summed E-state index contributed by atoms with van der Waals surface area (Å²) in [6.07, 6.45) is 4.84. The number of carbonyl (C=O) groups is 1. The van der Waals surface area contributed by atoms with Crippen molar-refractivity contribution in [3.63, 3.8) is 0 Å². The van der Waals surface area contributed by atoms with Crippen molar-refractivity contribution in [3.05, 3.63) is 40.3 Å². The minimum atomic E-state index is -0.181. The van der Waals surface area contributed by atoms with Gasteiger partial charge in [-0.25, -0.2) is 4.68 Å². The summed E-state index contributed by atoms with van der Waals surface area (Å²) < 4.78 is 1.25. The molecule has 0 saturated carbocycles. The molecule has 25 heavy (non-hydrogen) atoms. The van der Waals surface area contributed by atoms with Crippen LogP contribution in [0.1, 0.15) is 36.2 Å². The molecule has 1 aromatic carbocycles. The second kappa shape index (κ2) is 7.78. The molecule has 1 fully saturated rings. The number of hydrogen-bond acceptors (Lipinski definition) is 4. The molecular weight excluding hydrogens is 316 g/mol. The van der Waals surface area contributed by atoms with E-state index in [1.807, 2.05) is 6.07 Å². The van der Waals surface area contributed by atoms with E-state index in [1.165, 1.54) is 37.0 Å². The fourth-order valence-electron chi connectivity index (χ4n) is 3.45. The van der Waals surface area contributed by atoms with Crippen molar-refractivity contribution in [2.45, 2.75) is 25.7 Å². The van der Waals surface area contributed by atoms with E-state index >= 15 is 0 Å². The Bertz CT molecular complexity index is 809. The van der Waals surface area contributed by atoms with Crippen LogP contribution >= 0.6 is 0 Å². The summed E-state index contributed by atoms with van der Waals surface area (Å²) in [6, 6.07) is 7.17. The molecule has 0 aliphatic carbocycles. The van der Waals surface area contributed by atoms with Gasteiger partial charge in [-0.05, 0) is 45.0 Å². The summed E-state index contributed by atoms with van der Waals surface area (Å²) >= 11 is 0. The lowest BCUT2D eigenvalue weighted by atomic mass is 10.1. The molecule has 1 aliphatic heterocycles. The number of fused-ring (bicyclic) bond motifs is 1. The van der Waals surface area contributed by atoms with Gasteiger partial charge < -0.3 is 9.80 Å². The van der Waals surface area contributed by atoms with Gasteiger partial charge in [-0.2, -0.15) is 5.10 Å². The maximum absolute atomic E-state index is 12.8. The molecule has 0 atom stereocenters. The molecule has 0 radical (unpaired) electrons. The number of nitrogens with zero attached hydrogens (tertiary/aromatic N) is 4. The van der Waals surface area contributed by atoms with Crippen LogP contribution in [0.25, 0.3) is 10.8 Å². The highest BCUT2D eigenvalue weighted by molar-refractivity contribution is 6.04. The first-order valence-corrected chi connectivity index (χ1v) is 9.02. The number of benzene rings is 1. The Balaban J connectivity index is 1.71. The Kier molecular flexibility index (Phi) is 5.48. The summed E-state index contributed by atoms with van der Waals surface area (Å²) in [7, 11) is 3.39. The van der Waals surface area contributed by atoms with Gasteiger partial charge in [0, 0.05) is 26.0 Å². The number of aromatic nitrogens is 2. The summed E-state index contributed by atoms with van der Waals surface area (Å²) in [5.41, 5.74) is 0.165. The smallest absolute Gasteiger partial charge is 0.274 e. The predicted octanol–water partition coefficient (Wildman–Crippen LogP) is 1.88. The average Bonchev–Trinajstić information content (AvgIpc) is 2.65. The number of likely N-dealkylation sites (tertiary alicyclic amines) is 1. The topological polar surface area (TPSA) is 58.4 Å². The molecule has 2 heterocycles. The molecule has 2 aromatic rings. The van der Waals surface area contributed by atoms with E-state index in [4.69, 9.17) is 0 Å². The molecule has 1 amide bonds. The minimum Gasteiger partial charge on any atom is -0.340 e. The fraction of sp³-hybridized carbons (Fsp3) is 0.526. The zero-order chi connectivity index (χ0) is 17.8. The van der Waals surface area contributed by atoms with E-state index in [-0.39, 0.29) is 11.5 Å². The van der Waals surface area contributed by atoms with Crippen molar-refractivity contribution in [1.82, 2.24) is 19.6 Å². The van der Waals surface area contributed by atoms with E-state index in [1.54, 1.807) is 37.2 Å². The maximum atomic E-state index is 12.8. The first kappa shape index (κ1) is 17.6. The third-order valence-electron chi connectivity index (χ3n) is 4.92. The second-order valence-electron chi connectivity index (χ2n) is 6.81. The zero-order valence-electron chi connectivity index (χ0n) is 15.1. The highest BCUT2D eigenvalue weighted by Crippen LogP contribution is 2.15. The molecule has 0 bridgehead atoms. The van der Waals surface area contributed by atoms with Crippen LogP contribution in [0.3, 0.4) is 0 Å². The Hall–Kier alpha value is -2.21. The van der Waals surface area contributed by atoms with Crippen LogP contribution in [0.15, 0.2) is 29.1 Å².